The van der Waals surface area contributed by atoms with Crippen molar-refractivity contribution in [1.29, 1.82) is 0 Å². The third kappa shape index (κ3) is 4.34. The first kappa shape index (κ1) is 17.1. The monoisotopic (exact) mass is 354 g/mol. The van der Waals surface area contributed by atoms with E-state index >= 15 is 0 Å². The first-order chi connectivity index (χ1) is 10.9. The van der Waals surface area contributed by atoms with Crippen molar-refractivity contribution >= 4 is 40.5 Å². The van der Waals surface area contributed by atoms with Crippen molar-refractivity contribution in [3.63, 3.8) is 0 Å². The highest BCUT2D eigenvalue weighted by Crippen LogP contribution is 2.31. The molecule has 0 radical (unpaired) electrons. The lowest BCUT2D eigenvalue weighted by atomic mass is 10.2. The van der Waals surface area contributed by atoms with Gasteiger partial charge in [0.1, 0.15) is 10.8 Å². The van der Waals surface area contributed by atoms with Gasteiger partial charge in [-0.15, -0.1) is 0 Å². The van der Waals surface area contributed by atoms with Crippen molar-refractivity contribution in [3.8, 4) is 5.75 Å². The Morgan fingerprint density at radius 1 is 1.30 bits per heavy atom. The molecule has 0 atom stereocenters. The van der Waals surface area contributed by atoms with Crippen LogP contribution in [0.5, 0.6) is 5.75 Å². The van der Waals surface area contributed by atoms with Crippen LogP contribution in [0.15, 0.2) is 36.4 Å². The molecule has 0 spiro atoms. The molecule has 1 amide bonds. The lowest BCUT2D eigenvalue weighted by molar-refractivity contribution is -0.384. The van der Waals surface area contributed by atoms with E-state index in [0.29, 0.717) is 16.3 Å². The molecule has 0 saturated heterocycles. The maximum absolute atomic E-state index is 11.9. The molecule has 23 heavy (non-hydrogen) atoms. The van der Waals surface area contributed by atoms with E-state index in [2.05, 4.69) is 5.32 Å². The van der Waals surface area contributed by atoms with Gasteiger partial charge in [-0.2, -0.15) is 0 Å². The molecule has 0 aliphatic heterocycles. The lowest BCUT2D eigenvalue weighted by Crippen LogP contribution is -2.20. The van der Waals surface area contributed by atoms with Crippen molar-refractivity contribution in [2.45, 2.75) is 6.92 Å². The summed E-state index contributed by atoms with van der Waals surface area (Å²) in [6.07, 6.45) is 0. The van der Waals surface area contributed by atoms with Gasteiger partial charge in [0.15, 0.2) is 6.61 Å². The molecule has 120 valence electrons. The van der Waals surface area contributed by atoms with Crippen molar-refractivity contribution < 1.29 is 14.5 Å². The van der Waals surface area contributed by atoms with Crippen LogP contribution >= 0.6 is 23.2 Å². The number of nitro benzene ring substituents is 1. The number of non-ortho nitro benzene ring substituents is 1. The summed E-state index contributed by atoms with van der Waals surface area (Å²) in [6.45, 7) is 1.43. The number of carbonyl (C=O) groups is 1. The number of benzene rings is 2. The van der Waals surface area contributed by atoms with Crippen LogP contribution in [0.4, 0.5) is 11.4 Å². The average molecular weight is 355 g/mol. The number of halogens is 2. The topological polar surface area (TPSA) is 81.5 Å². The summed E-state index contributed by atoms with van der Waals surface area (Å²) >= 11 is 11.8. The molecule has 0 saturated carbocycles. The maximum Gasteiger partial charge on any atom is 0.271 e. The fraction of sp³-hybridized carbons (Fsp3) is 0.133. The molecule has 0 aromatic heterocycles. The largest absolute Gasteiger partial charge is 0.482 e. The number of amides is 1. The van der Waals surface area contributed by atoms with Gasteiger partial charge in [-0.05, 0) is 24.6 Å². The molecule has 2 aromatic carbocycles. The number of anilines is 1. The number of ether oxygens (including phenoxy) is 1. The SMILES string of the molecule is Cc1ccc([N+](=O)[O-])cc1NC(=O)COc1cccc(Cl)c1Cl. The van der Waals surface area contributed by atoms with Gasteiger partial charge in [-0.3, -0.25) is 14.9 Å². The van der Waals surface area contributed by atoms with Gasteiger partial charge in [0.25, 0.3) is 11.6 Å². The zero-order valence-electron chi connectivity index (χ0n) is 12.0. The maximum atomic E-state index is 11.9. The minimum Gasteiger partial charge on any atom is -0.482 e. The summed E-state index contributed by atoms with van der Waals surface area (Å²) < 4.78 is 5.31. The zero-order valence-corrected chi connectivity index (χ0v) is 13.5. The zero-order chi connectivity index (χ0) is 17.0. The smallest absolute Gasteiger partial charge is 0.271 e. The molecule has 1 N–H and O–H groups in total. The van der Waals surface area contributed by atoms with Gasteiger partial charge in [0.05, 0.1) is 15.6 Å². The second-order valence-electron chi connectivity index (χ2n) is 4.65. The highest BCUT2D eigenvalue weighted by atomic mass is 35.5. The van der Waals surface area contributed by atoms with Crippen molar-refractivity contribution in [2.24, 2.45) is 0 Å². The third-order valence-electron chi connectivity index (χ3n) is 2.98. The molecule has 0 aliphatic carbocycles. The summed E-state index contributed by atoms with van der Waals surface area (Å²) in [5.41, 5.74) is 0.944. The Hall–Kier alpha value is -2.31. The predicted octanol–water partition coefficient (Wildman–Crippen LogP) is 4.23. The van der Waals surface area contributed by atoms with Crippen molar-refractivity contribution in [1.82, 2.24) is 0 Å². The van der Waals surface area contributed by atoms with E-state index in [1.54, 1.807) is 31.2 Å². The van der Waals surface area contributed by atoms with Gasteiger partial charge in [0.2, 0.25) is 0 Å². The summed E-state index contributed by atoms with van der Waals surface area (Å²) in [6, 6.07) is 9.05. The lowest BCUT2D eigenvalue weighted by Gasteiger charge is -2.10. The highest BCUT2D eigenvalue weighted by Gasteiger charge is 2.12. The molecule has 8 heteroatoms. The van der Waals surface area contributed by atoms with Crippen molar-refractivity contribution in [2.75, 3.05) is 11.9 Å². The molecule has 0 unspecified atom stereocenters. The summed E-state index contributed by atoms with van der Waals surface area (Å²) in [5.74, 6) is -0.185. The fourth-order valence-electron chi connectivity index (χ4n) is 1.78. The third-order valence-corrected chi connectivity index (χ3v) is 3.78. The number of hydrogen-bond donors (Lipinski definition) is 1. The van der Waals surface area contributed by atoms with Crippen LogP contribution in [-0.2, 0) is 4.79 Å². The first-order valence-corrected chi connectivity index (χ1v) is 7.26. The molecule has 2 aromatic rings. The Balaban J connectivity index is 2.04. The molecule has 0 heterocycles. The second-order valence-corrected chi connectivity index (χ2v) is 5.43. The molecular weight excluding hydrogens is 343 g/mol. The number of nitro groups is 1. The van der Waals surface area contributed by atoms with E-state index in [-0.39, 0.29) is 23.1 Å². The van der Waals surface area contributed by atoms with Gasteiger partial charge in [0, 0.05) is 12.1 Å². The van der Waals surface area contributed by atoms with Crippen LogP contribution in [0.25, 0.3) is 0 Å². The summed E-state index contributed by atoms with van der Waals surface area (Å²) in [4.78, 5) is 22.2. The van der Waals surface area contributed by atoms with Gasteiger partial charge in [-0.25, -0.2) is 0 Å². The van der Waals surface area contributed by atoms with Crippen LogP contribution in [0, 0.1) is 17.0 Å². The Labute approximate surface area is 142 Å². The van der Waals surface area contributed by atoms with Crippen molar-refractivity contribution in [3.05, 3.63) is 62.1 Å². The summed E-state index contributed by atoms with van der Waals surface area (Å²) in [7, 11) is 0. The van der Waals surface area contributed by atoms with Crippen LogP contribution in [0.2, 0.25) is 10.0 Å². The minimum atomic E-state index is -0.530. The average Bonchev–Trinajstić information content (AvgIpc) is 2.50. The number of nitrogens with one attached hydrogen (secondary N) is 1. The molecule has 2 rings (SSSR count). The van der Waals surface area contributed by atoms with E-state index in [9.17, 15) is 14.9 Å². The fourth-order valence-corrected chi connectivity index (χ4v) is 2.13. The molecule has 0 aliphatic rings. The molecule has 6 nitrogen and oxygen atoms in total. The van der Waals surface area contributed by atoms with E-state index in [0.717, 1.165) is 0 Å². The Morgan fingerprint density at radius 2 is 2.04 bits per heavy atom. The van der Waals surface area contributed by atoms with E-state index < -0.39 is 10.8 Å². The van der Waals surface area contributed by atoms with Crippen LogP contribution in [-0.4, -0.2) is 17.4 Å². The highest BCUT2D eigenvalue weighted by molar-refractivity contribution is 6.42. The Bertz CT molecular complexity index is 765. The quantitative estimate of drug-likeness (QED) is 0.643. The normalized spacial score (nSPS) is 10.2. The minimum absolute atomic E-state index is 0.107. The second kappa shape index (κ2) is 7.30. The van der Waals surface area contributed by atoms with E-state index in [1.165, 1.54) is 12.1 Å². The van der Waals surface area contributed by atoms with Crippen LogP contribution in [0.3, 0.4) is 0 Å². The molecule has 0 fully saturated rings. The van der Waals surface area contributed by atoms with Gasteiger partial charge < -0.3 is 10.1 Å². The number of aryl methyl sites for hydroxylation is 1. The standard InChI is InChI=1S/C15H12Cl2N2O4/c1-9-5-6-10(19(21)22)7-12(9)18-14(20)8-23-13-4-2-3-11(16)15(13)17/h2-7H,8H2,1H3,(H,18,20). The Kier molecular flexibility index (Phi) is 5.41. The number of hydrogen-bond acceptors (Lipinski definition) is 4. The van der Waals surface area contributed by atoms with Crippen LogP contribution < -0.4 is 10.1 Å². The van der Waals surface area contributed by atoms with Crippen LogP contribution in [0.1, 0.15) is 5.56 Å². The summed E-state index contributed by atoms with van der Waals surface area (Å²) in [5, 5.41) is 13.9. The molecular formula is C15H12Cl2N2O4. The predicted molar refractivity (Wildman–Crippen MR) is 88.4 cm³/mol. The van der Waals surface area contributed by atoms with E-state index in [4.69, 9.17) is 27.9 Å². The number of nitrogens with zero attached hydrogens (tertiary/aromatic N) is 1. The first-order valence-electron chi connectivity index (χ1n) is 6.50. The Morgan fingerprint density at radius 3 is 2.74 bits per heavy atom. The van der Waals surface area contributed by atoms with Gasteiger partial charge >= 0.3 is 0 Å². The molecule has 0 bridgehead atoms. The van der Waals surface area contributed by atoms with E-state index in [1.807, 2.05) is 0 Å². The number of carbonyl (C=O) groups excluding carboxylic acids is 1. The number of rotatable bonds is 5. The van der Waals surface area contributed by atoms with Gasteiger partial charge in [-0.1, -0.05) is 35.3 Å².